The van der Waals surface area contributed by atoms with E-state index in [-0.39, 0.29) is 17.6 Å². The third-order valence-electron chi connectivity index (χ3n) is 5.81. The Morgan fingerprint density at radius 2 is 2.11 bits per heavy atom. The van der Waals surface area contributed by atoms with Crippen LogP contribution in [-0.4, -0.2) is 74.5 Å². The fourth-order valence-corrected chi connectivity index (χ4v) is 6.14. The standard InChI is InChI=1S/C19H30N4O3S/c1-4-12-27(25,26)23-11-7-9-19(18(24)21(2)3)15-22(13-16(19)14-23)17-8-5-6-10-20-17/h5-6,8,10,16H,4,7,9,11-15H2,1-3H3/t16-,19+/m0/s1. The molecule has 3 rings (SSSR count). The van der Waals surface area contributed by atoms with Crippen LogP contribution in [0.15, 0.2) is 24.4 Å². The van der Waals surface area contributed by atoms with E-state index in [4.69, 9.17) is 0 Å². The van der Waals surface area contributed by atoms with Crippen LogP contribution in [0.25, 0.3) is 0 Å². The summed E-state index contributed by atoms with van der Waals surface area (Å²) in [6.45, 7) is 4.03. The third-order valence-corrected chi connectivity index (χ3v) is 7.85. The smallest absolute Gasteiger partial charge is 0.230 e. The van der Waals surface area contributed by atoms with E-state index in [9.17, 15) is 13.2 Å². The SMILES string of the molecule is CCCS(=O)(=O)N1CCC[C@@]2(C(=O)N(C)C)CN(c3ccccn3)C[C@H]2C1. The molecule has 2 aliphatic rings. The molecule has 0 N–H and O–H groups in total. The number of amides is 1. The minimum Gasteiger partial charge on any atom is -0.355 e. The molecule has 0 aromatic carbocycles. The van der Waals surface area contributed by atoms with Crippen molar-refractivity contribution in [3.63, 3.8) is 0 Å². The molecule has 7 nitrogen and oxygen atoms in total. The number of carbonyl (C=O) groups excluding carboxylic acids is 1. The van der Waals surface area contributed by atoms with Crippen molar-refractivity contribution in [2.75, 3.05) is 50.9 Å². The van der Waals surface area contributed by atoms with Crippen LogP contribution in [0.5, 0.6) is 0 Å². The summed E-state index contributed by atoms with van der Waals surface area (Å²) in [4.78, 5) is 21.5. The van der Waals surface area contributed by atoms with Crippen molar-refractivity contribution >= 4 is 21.7 Å². The summed E-state index contributed by atoms with van der Waals surface area (Å²) in [5, 5.41) is 0. The third kappa shape index (κ3) is 3.82. The Hall–Kier alpha value is -1.67. The molecular weight excluding hydrogens is 364 g/mol. The van der Waals surface area contributed by atoms with Crippen molar-refractivity contribution in [2.45, 2.75) is 26.2 Å². The molecule has 0 saturated carbocycles. The van der Waals surface area contributed by atoms with Gasteiger partial charge in [0.05, 0.1) is 11.2 Å². The molecule has 150 valence electrons. The van der Waals surface area contributed by atoms with Gasteiger partial charge >= 0.3 is 0 Å². The molecule has 0 unspecified atom stereocenters. The lowest BCUT2D eigenvalue weighted by Crippen LogP contribution is -2.47. The quantitative estimate of drug-likeness (QED) is 0.755. The van der Waals surface area contributed by atoms with Crippen LogP contribution in [0.4, 0.5) is 5.82 Å². The number of aromatic nitrogens is 1. The van der Waals surface area contributed by atoms with Crippen LogP contribution in [0.1, 0.15) is 26.2 Å². The van der Waals surface area contributed by atoms with Gasteiger partial charge in [0.15, 0.2) is 0 Å². The summed E-state index contributed by atoms with van der Waals surface area (Å²) in [5.41, 5.74) is -0.558. The maximum Gasteiger partial charge on any atom is 0.230 e. The molecule has 0 aliphatic carbocycles. The van der Waals surface area contributed by atoms with E-state index in [1.54, 1.807) is 29.5 Å². The van der Waals surface area contributed by atoms with E-state index in [0.29, 0.717) is 45.4 Å². The van der Waals surface area contributed by atoms with E-state index in [1.165, 1.54) is 0 Å². The summed E-state index contributed by atoms with van der Waals surface area (Å²) in [7, 11) is 0.296. The predicted octanol–water partition coefficient (Wildman–Crippen LogP) is 1.43. The zero-order valence-corrected chi connectivity index (χ0v) is 17.3. The van der Waals surface area contributed by atoms with E-state index in [2.05, 4.69) is 9.88 Å². The first-order valence-corrected chi connectivity index (χ1v) is 11.3. The molecular formula is C19H30N4O3S. The lowest BCUT2D eigenvalue weighted by Gasteiger charge is -2.34. The lowest BCUT2D eigenvalue weighted by molar-refractivity contribution is -0.141. The summed E-state index contributed by atoms with van der Waals surface area (Å²) in [6, 6.07) is 5.76. The van der Waals surface area contributed by atoms with Gasteiger partial charge in [-0.05, 0) is 31.4 Å². The van der Waals surface area contributed by atoms with Crippen LogP contribution >= 0.6 is 0 Å². The van der Waals surface area contributed by atoms with Crippen LogP contribution < -0.4 is 4.90 Å². The Morgan fingerprint density at radius 3 is 2.74 bits per heavy atom. The number of carbonyl (C=O) groups is 1. The van der Waals surface area contributed by atoms with Gasteiger partial charge in [0.2, 0.25) is 15.9 Å². The molecule has 2 saturated heterocycles. The van der Waals surface area contributed by atoms with Gasteiger partial charge in [0.25, 0.3) is 0 Å². The minimum absolute atomic E-state index is 0.0384. The van der Waals surface area contributed by atoms with E-state index < -0.39 is 15.4 Å². The van der Waals surface area contributed by atoms with Gasteiger partial charge < -0.3 is 9.80 Å². The van der Waals surface area contributed by atoms with Gasteiger partial charge in [0, 0.05) is 52.4 Å². The average Bonchev–Trinajstić information content (AvgIpc) is 2.90. The number of nitrogens with zero attached hydrogens (tertiary/aromatic N) is 4. The highest BCUT2D eigenvalue weighted by molar-refractivity contribution is 7.89. The first-order valence-electron chi connectivity index (χ1n) is 9.66. The van der Waals surface area contributed by atoms with Crippen LogP contribution in [0, 0.1) is 11.3 Å². The zero-order chi connectivity index (χ0) is 19.7. The van der Waals surface area contributed by atoms with Crippen molar-refractivity contribution in [3.8, 4) is 0 Å². The molecule has 1 aromatic rings. The highest BCUT2D eigenvalue weighted by Crippen LogP contribution is 2.45. The molecule has 0 radical (unpaired) electrons. The Balaban J connectivity index is 1.94. The predicted molar refractivity (Wildman–Crippen MR) is 106 cm³/mol. The lowest BCUT2D eigenvalue weighted by atomic mass is 9.74. The summed E-state index contributed by atoms with van der Waals surface area (Å²) in [5.74, 6) is 1.07. The molecule has 3 heterocycles. The Morgan fingerprint density at radius 1 is 1.33 bits per heavy atom. The molecule has 1 aromatic heterocycles. The number of pyridine rings is 1. The van der Waals surface area contributed by atoms with Crippen molar-refractivity contribution in [3.05, 3.63) is 24.4 Å². The number of anilines is 1. The van der Waals surface area contributed by atoms with E-state index in [0.717, 1.165) is 5.82 Å². The molecule has 0 bridgehead atoms. The van der Waals surface area contributed by atoms with Gasteiger partial charge in [-0.3, -0.25) is 4.79 Å². The monoisotopic (exact) mass is 394 g/mol. The number of sulfonamides is 1. The van der Waals surface area contributed by atoms with Crippen molar-refractivity contribution in [2.24, 2.45) is 11.3 Å². The molecule has 27 heavy (non-hydrogen) atoms. The maximum atomic E-state index is 13.2. The molecule has 2 atom stereocenters. The zero-order valence-electron chi connectivity index (χ0n) is 16.5. The van der Waals surface area contributed by atoms with Gasteiger partial charge in [-0.1, -0.05) is 13.0 Å². The Bertz CT molecular complexity index is 768. The first kappa shape index (κ1) is 20.1. The molecule has 2 fully saturated rings. The van der Waals surface area contributed by atoms with Crippen molar-refractivity contribution in [1.82, 2.24) is 14.2 Å². The molecule has 8 heteroatoms. The summed E-state index contributed by atoms with van der Waals surface area (Å²) < 4.78 is 27.0. The molecule has 1 amide bonds. The van der Waals surface area contributed by atoms with Crippen LogP contribution in [-0.2, 0) is 14.8 Å². The van der Waals surface area contributed by atoms with Gasteiger partial charge in [-0.15, -0.1) is 0 Å². The minimum atomic E-state index is -3.28. The van der Waals surface area contributed by atoms with E-state index >= 15 is 0 Å². The largest absolute Gasteiger partial charge is 0.355 e. The topological polar surface area (TPSA) is 73.8 Å². The van der Waals surface area contributed by atoms with E-state index in [1.807, 2.05) is 25.1 Å². The second kappa shape index (κ2) is 7.75. The molecule has 0 spiro atoms. The van der Waals surface area contributed by atoms with Crippen LogP contribution in [0.2, 0.25) is 0 Å². The summed E-state index contributed by atoms with van der Waals surface area (Å²) in [6.07, 6.45) is 3.76. The van der Waals surface area contributed by atoms with Gasteiger partial charge in [0.1, 0.15) is 5.82 Å². The summed E-state index contributed by atoms with van der Waals surface area (Å²) >= 11 is 0. The van der Waals surface area contributed by atoms with Gasteiger partial charge in [-0.2, -0.15) is 0 Å². The second-order valence-electron chi connectivity index (χ2n) is 7.90. The van der Waals surface area contributed by atoms with Gasteiger partial charge in [-0.25, -0.2) is 17.7 Å². The van der Waals surface area contributed by atoms with Crippen LogP contribution in [0.3, 0.4) is 0 Å². The number of hydrogen-bond donors (Lipinski definition) is 0. The highest BCUT2D eigenvalue weighted by Gasteiger charge is 2.54. The fourth-order valence-electron chi connectivity index (χ4n) is 4.55. The first-order chi connectivity index (χ1) is 12.8. The average molecular weight is 395 g/mol. The molecule has 2 aliphatic heterocycles. The Labute approximate surface area is 162 Å². The second-order valence-corrected chi connectivity index (χ2v) is 9.99. The number of rotatable bonds is 5. The van der Waals surface area contributed by atoms with Crippen molar-refractivity contribution < 1.29 is 13.2 Å². The highest BCUT2D eigenvalue weighted by atomic mass is 32.2. The van der Waals surface area contributed by atoms with Crippen molar-refractivity contribution in [1.29, 1.82) is 0 Å². The maximum absolute atomic E-state index is 13.2. The number of fused-ring (bicyclic) bond motifs is 1. The fraction of sp³-hybridized carbons (Fsp3) is 0.684. The number of hydrogen-bond acceptors (Lipinski definition) is 5. The Kier molecular flexibility index (Phi) is 5.76. The normalized spacial score (nSPS) is 26.5.